The van der Waals surface area contributed by atoms with Gasteiger partial charge >= 0.3 is 0 Å². The molecule has 4 aromatic carbocycles. The number of amides is 1. The average Bonchev–Trinajstić information content (AvgIpc) is 3.16. The van der Waals surface area contributed by atoms with Gasteiger partial charge in [-0.1, -0.05) is 91.6 Å². The summed E-state index contributed by atoms with van der Waals surface area (Å²) in [5, 5.41) is 1.09. The molecule has 5 aromatic rings. The molecule has 1 aliphatic heterocycles. The first-order chi connectivity index (χ1) is 25.6. The lowest BCUT2D eigenvalue weighted by Gasteiger charge is -2.35. The van der Waals surface area contributed by atoms with Crippen molar-refractivity contribution in [3.63, 3.8) is 0 Å². The Morgan fingerprint density at radius 3 is 2.15 bits per heavy atom. The van der Waals surface area contributed by atoms with Crippen molar-refractivity contribution in [2.75, 3.05) is 26.2 Å². The highest BCUT2D eigenvalue weighted by Crippen LogP contribution is 2.34. The molecule has 2 heterocycles. The molecule has 53 heavy (non-hydrogen) atoms. The van der Waals surface area contributed by atoms with Crippen molar-refractivity contribution in [2.24, 2.45) is 0 Å². The van der Waals surface area contributed by atoms with Gasteiger partial charge in [0, 0.05) is 54.9 Å². The Bertz CT molecular complexity index is 2000. The molecule has 7 nitrogen and oxygen atoms in total. The lowest BCUT2D eigenvalue weighted by Crippen LogP contribution is -2.48. The largest absolute Gasteiger partial charge is 0.489 e. The minimum Gasteiger partial charge on any atom is -0.489 e. The van der Waals surface area contributed by atoms with E-state index in [9.17, 15) is 4.79 Å². The summed E-state index contributed by atoms with van der Waals surface area (Å²) >= 11 is 12.9. The maximum atomic E-state index is 13.4. The van der Waals surface area contributed by atoms with Crippen LogP contribution >= 0.6 is 23.2 Å². The molecule has 0 aliphatic carbocycles. The Labute approximate surface area is 322 Å². The number of pyridine rings is 1. The monoisotopic (exact) mass is 749 g/mol. The number of piperazine rings is 1. The Hall–Kier alpha value is -4.82. The molecule has 1 aliphatic rings. The fourth-order valence-electron chi connectivity index (χ4n) is 6.15. The van der Waals surface area contributed by atoms with Gasteiger partial charge in [-0.3, -0.25) is 9.69 Å². The lowest BCUT2D eigenvalue weighted by molar-refractivity contribution is -0.128. The number of aryl methyl sites for hydroxylation is 1. The third-order valence-electron chi connectivity index (χ3n) is 9.28. The Kier molecular flexibility index (Phi) is 12.7. The SMILES string of the molecule is CC(=Cc1cc(C)c(Oc2ccc(OCc3ccccc3Cl)cn2)c(Cl)c1)C(=O)N1CCN(Cc2ccc(COc3ccc(C(C)C)cc3)cc2)CC1. The fraction of sp³-hybridized carbons (Fsp3) is 0.273. The van der Waals surface area contributed by atoms with Crippen molar-refractivity contribution in [3.05, 3.63) is 152 Å². The molecule has 0 bridgehead atoms. The van der Waals surface area contributed by atoms with E-state index in [1.165, 1.54) is 11.1 Å². The number of hydrogen-bond acceptors (Lipinski definition) is 6. The predicted octanol–water partition coefficient (Wildman–Crippen LogP) is 10.5. The summed E-state index contributed by atoms with van der Waals surface area (Å²) in [6.07, 6.45) is 3.48. The molecule has 0 atom stereocenters. The third-order valence-corrected chi connectivity index (χ3v) is 9.93. The number of carbonyl (C=O) groups is 1. The maximum Gasteiger partial charge on any atom is 0.249 e. The fourth-order valence-corrected chi connectivity index (χ4v) is 6.65. The average molecular weight is 751 g/mol. The van der Waals surface area contributed by atoms with Crippen LogP contribution in [0.25, 0.3) is 6.08 Å². The molecule has 274 valence electrons. The van der Waals surface area contributed by atoms with Crippen LogP contribution < -0.4 is 14.2 Å². The van der Waals surface area contributed by atoms with Crippen LogP contribution in [0.5, 0.6) is 23.1 Å². The lowest BCUT2D eigenvalue weighted by atomic mass is 10.0. The van der Waals surface area contributed by atoms with Crippen LogP contribution in [0, 0.1) is 6.92 Å². The topological polar surface area (TPSA) is 64.1 Å². The molecular formula is C44H45Cl2N3O4. The summed E-state index contributed by atoms with van der Waals surface area (Å²) in [5.41, 5.74) is 6.90. The van der Waals surface area contributed by atoms with Gasteiger partial charge in [0.1, 0.15) is 24.7 Å². The van der Waals surface area contributed by atoms with Gasteiger partial charge < -0.3 is 19.1 Å². The molecule has 6 rings (SSSR count). The van der Waals surface area contributed by atoms with Crippen molar-refractivity contribution in [3.8, 4) is 23.1 Å². The molecule has 1 amide bonds. The van der Waals surface area contributed by atoms with Crippen LogP contribution in [-0.2, 0) is 24.6 Å². The first-order valence-electron chi connectivity index (χ1n) is 17.9. The van der Waals surface area contributed by atoms with Gasteiger partial charge in [-0.25, -0.2) is 4.98 Å². The molecule has 1 aromatic heterocycles. The molecule has 0 saturated carbocycles. The molecule has 0 spiro atoms. The van der Waals surface area contributed by atoms with Gasteiger partial charge in [0.2, 0.25) is 11.8 Å². The van der Waals surface area contributed by atoms with E-state index in [-0.39, 0.29) is 5.91 Å². The van der Waals surface area contributed by atoms with Gasteiger partial charge in [-0.2, -0.15) is 0 Å². The van der Waals surface area contributed by atoms with Crippen LogP contribution in [0.15, 0.2) is 109 Å². The normalized spacial score (nSPS) is 13.6. The Balaban J connectivity index is 0.963. The van der Waals surface area contributed by atoms with Gasteiger partial charge in [0.25, 0.3) is 0 Å². The Morgan fingerprint density at radius 2 is 1.49 bits per heavy atom. The first kappa shape index (κ1) is 37.9. The number of rotatable bonds is 13. The van der Waals surface area contributed by atoms with E-state index >= 15 is 0 Å². The number of benzene rings is 4. The second kappa shape index (κ2) is 17.8. The van der Waals surface area contributed by atoms with Crippen LogP contribution in [0.2, 0.25) is 10.0 Å². The van der Waals surface area contributed by atoms with Crippen molar-refractivity contribution < 1.29 is 19.0 Å². The van der Waals surface area contributed by atoms with Crippen LogP contribution in [-0.4, -0.2) is 46.9 Å². The summed E-state index contributed by atoms with van der Waals surface area (Å²) in [4.78, 5) is 22.1. The molecule has 1 saturated heterocycles. The zero-order valence-corrected chi connectivity index (χ0v) is 32.2. The second-order valence-corrected chi connectivity index (χ2v) is 14.5. The zero-order valence-electron chi connectivity index (χ0n) is 30.6. The standard InChI is InChI=1S/C44H45Cl2N3O4/c1-30(2)36-13-15-38(16-14-36)51-28-34-11-9-33(10-12-34)27-48-19-21-49(22-20-48)44(50)32(4)24-35-23-31(3)43(41(46)25-35)53-42-18-17-39(26-47-42)52-29-37-7-5-6-8-40(37)45/h5-18,23-26,30H,19-22,27-29H2,1-4H3. The summed E-state index contributed by atoms with van der Waals surface area (Å²) < 4.78 is 17.9. The van der Waals surface area contributed by atoms with Gasteiger partial charge in [0.15, 0.2) is 5.75 Å². The zero-order chi connectivity index (χ0) is 37.3. The van der Waals surface area contributed by atoms with E-state index in [1.807, 2.05) is 67.3 Å². The highest BCUT2D eigenvalue weighted by atomic mass is 35.5. The maximum absolute atomic E-state index is 13.4. The van der Waals surface area contributed by atoms with E-state index in [0.29, 0.717) is 65.2 Å². The molecule has 9 heteroatoms. The number of hydrogen-bond donors (Lipinski definition) is 0. The minimum atomic E-state index is 0.0306. The molecular weight excluding hydrogens is 705 g/mol. The van der Waals surface area contributed by atoms with E-state index in [2.05, 4.69) is 60.1 Å². The van der Waals surface area contributed by atoms with Crippen LogP contribution in [0.1, 0.15) is 60.1 Å². The van der Waals surface area contributed by atoms with Gasteiger partial charge in [-0.05, 0) is 90.1 Å². The first-order valence-corrected chi connectivity index (χ1v) is 18.7. The van der Waals surface area contributed by atoms with Crippen molar-refractivity contribution in [1.82, 2.24) is 14.8 Å². The summed E-state index contributed by atoms with van der Waals surface area (Å²) in [6, 6.07) is 31.8. The number of aromatic nitrogens is 1. The van der Waals surface area contributed by atoms with Crippen LogP contribution in [0.3, 0.4) is 0 Å². The predicted molar refractivity (Wildman–Crippen MR) is 213 cm³/mol. The minimum absolute atomic E-state index is 0.0306. The van der Waals surface area contributed by atoms with E-state index in [4.69, 9.17) is 37.4 Å². The molecule has 0 radical (unpaired) electrons. The van der Waals surface area contributed by atoms with E-state index in [1.54, 1.807) is 24.4 Å². The number of carbonyl (C=O) groups excluding carboxylic acids is 1. The summed E-state index contributed by atoms with van der Waals surface area (Å²) in [6.45, 7) is 12.9. The van der Waals surface area contributed by atoms with Crippen molar-refractivity contribution in [2.45, 2.75) is 53.4 Å². The molecule has 0 N–H and O–H groups in total. The van der Waals surface area contributed by atoms with E-state index in [0.717, 1.165) is 47.6 Å². The highest BCUT2D eigenvalue weighted by Gasteiger charge is 2.22. The third kappa shape index (κ3) is 10.4. The van der Waals surface area contributed by atoms with Gasteiger partial charge in [0.05, 0.1) is 11.2 Å². The molecule has 0 unspecified atom stereocenters. The number of ether oxygens (including phenoxy) is 3. The summed E-state index contributed by atoms with van der Waals surface area (Å²) in [7, 11) is 0. The Morgan fingerprint density at radius 1 is 0.811 bits per heavy atom. The number of halogens is 2. The molecule has 1 fully saturated rings. The number of nitrogens with zero attached hydrogens (tertiary/aromatic N) is 3. The van der Waals surface area contributed by atoms with Crippen LogP contribution in [0.4, 0.5) is 0 Å². The smallest absolute Gasteiger partial charge is 0.249 e. The highest BCUT2D eigenvalue weighted by molar-refractivity contribution is 6.32. The van der Waals surface area contributed by atoms with Crippen molar-refractivity contribution >= 4 is 35.2 Å². The second-order valence-electron chi connectivity index (χ2n) is 13.7. The summed E-state index contributed by atoms with van der Waals surface area (Å²) in [5.74, 6) is 2.91. The van der Waals surface area contributed by atoms with Gasteiger partial charge in [-0.15, -0.1) is 0 Å². The van der Waals surface area contributed by atoms with Crippen molar-refractivity contribution in [1.29, 1.82) is 0 Å². The quantitative estimate of drug-likeness (QED) is 0.112. The van der Waals surface area contributed by atoms with E-state index < -0.39 is 0 Å².